The number of hydrogen-bond donors (Lipinski definition) is 2. The molecule has 190 valence electrons. The highest BCUT2D eigenvalue weighted by Gasteiger charge is 2.77. The van der Waals surface area contributed by atoms with Gasteiger partial charge in [0.15, 0.2) is 11.4 Å². The fraction of sp³-hybridized carbons (Fsp3) is 0.818. The highest BCUT2D eigenvalue weighted by atomic mass is 16.6. The maximum atomic E-state index is 12.4. The van der Waals surface area contributed by atoms with Crippen molar-refractivity contribution in [3.05, 3.63) is 0 Å². The number of likely N-dealkylation sites (tertiary alicyclic amines) is 2. The lowest BCUT2D eigenvalue weighted by Gasteiger charge is -2.42. The molecule has 4 fully saturated rings. The van der Waals surface area contributed by atoms with E-state index in [4.69, 9.17) is 30.4 Å². The summed E-state index contributed by atoms with van der Waals surface area (Å²) in [6.45, 7) is 11.7. The predicted molar refractivity (Wildman–Crippen MR) is 116 cm³/mol. The fourth-order valence-corrected chi connectivity index (χ4v) is 4.66. The number of hydrogen-bond acceptors (Lipinski definition) is 10. The molecule has 34 heavy (non-hydrogen) atoms. The molecule has 0 aromatic carbocycles. The topological polar surface area (TPSA) is 164 Å². The molecule has 4 rings (SSSR count). The Morgan fingerprint density at radius 1 is 0.647 bits per heavy atom. The van der Waals surface area contributed by atoms with Gasteiger partial charge in [-0.3, -0.25) is 11.5 Å². The Hall–Kier alpha value is -2.60. The molecule has 0 aromatic heterocycles. The molecule has 2 saturated heterocycles. The Bertz CT molecular complexity index is 866. The Morgan fingerprint density at radius 3 is 1.21 bits per heavy atom. The van der Waals surface area contributed by atoms with Crippen LogP contribution in [0.5, 0.6) is 0 Å². The molecule has 0 radical (unpaired) electrons. The highest BCUT2D eigenvalue weighted by Crippen LogP contribution is 2.62. The highest BCUT2D eigenvalue weighted by molar-refractivity contribution is 6.30. The number of esters is 2. The van der Waals surface area contributed by atoms with E-state index in [9.17, 15) is 19.2 Å². The first-order chi connectivity index (χ1) is 15.3. The minimum Gasteiger partial charge on any atom is -0.444 e. The molecule has 4 N–H and O–H groups in total. The van der Waals surface area contributed by atoms with Crippen LogP contribution in [0, 0.1) is 10.8 Å². The van der Waals surface area contributed by atoms with Crippen LogP contribution in [-0.4, -0.2) is 82.8 Å². The maximum absolute atomic E-state index is 12.4. The van der Waals surface area contributed by atoms with Crippen molar-refractivity contribution in [1.29, 1.82) is 0 Å². The van der Waals surface area contributed by atoms with Gasteiger partial charge in [0.1, 0.15) is 11.2 Å². The lowest BCUT2D eigenvalue weighted by Crippen LogP contribution is -2.59. The number of carbonyl (C=O) groups is 4. The molecule has 2 spiro atoms. The zero-order valence-corrected chi connectivity index (χ0v) is 20.6. The molecular formula is C22H34N4O8. The third kappa shape index (κ3) is 4.17. The summed E-state index contributed by atoms with van der Waals surface area (Å²) in [5.74, 6) is -2.46. The molecule has 12 heteroatoms. The van der Waals surface area contributed by atoms with Crippen LogP contribution in [0.3, 0.4) is 0 Å². The van der Waals surface area contributed by atoms with Gasteiger partial charge in [-0.1, -0.05) is 0 Å². The minimum atomic E-state index is -1.35. The molecule has 0 bridgehead atoms. The van der Waals surface area contributed by atoms with E-state index in [-0.39, 0.29) is 26.2 Å². The van der Waals surface area contributed by atoms with E-state index < -0.39 is 57.6 Å². The second-order valence-electron chi connectivity index (χ2n) is 12.1. The Labute approximate surface area is 198 Å². The summed E-state index contributed by atoms with van der Waals surface area (Å²) >= 11 is 0. The van der Waals surface area contributed by atoms with Gasteiger partial charge in [-0.25, -0.2) is 19.2 Å². The monoisotopic (exact) mass is 482 g/mol. The van der Waals surface area contributed by atoms with Crippen molar-refractivity contribution in [2.75, 3.05) is 26.2 Å². The summed E-state index contributed by atoms with van der Waals surface area (Å²) in [7, 11) is 0. The van der Waals surface area contributed by atoms with Gasteiger partial charge >= 0.3 is 24.1 Å². The Morgan fingerprint density at radius 2 is 0.941 bits per heavy atom. The van der Waals surface area contributed by atoms with Gasteiger partial charge in [0.25, 0.3) is 0 Å². The summed E-state index contributed by atoms with van der Waals surface area (Å²) in [6, 6.07) is 0. The standard InChI is InChI=1S/C22H34N4O8/c1-17(2,3)33-15(29)25-9-19(10-25)7-21(19,23)31-13(27)14(28)32-22(24)8-20(22)11-26(12-20)16(30)34-18(4,5)6/h7-12,23-24H2,1-6H3. The minimum absolute atomic E-state index is 0.269. The smallest absolute Gasteiger partial charge is 0.419 e. The quantitative estimate of drug-likeness (QED) is 0.247. The van der Waals surface area contributed by atoms with Gasteiger partial charge in [-0.15, -0.1) is 0 Å². The summed E-state index contributed by atoms with van der Waals surface area (Å²) in [5, 5.41) is 0. The van der Waals surface area contributed by atoms with Gasteiger partial charge in [0.05, 0.1) is 10.8 Å². The van der Waals surface area contributed by atoms with Gasteiger partial charge in [-0.2, -0.15) is 0 Å². The normalized spacial score (nSPS) is 30.1. The summed E-state index contributed by atoms with van der Waals surface area (Å²) in [4.78, 5) is 51.9. The van der Waals surface area contributed by atoms with E-state index in [1.165, 1.54) is 9.80 Å². The zero-order chi connectivity index (χ0) is 25.5. The molecular weight excluding hydrogens is 448 g/mol. The maximum Gasteiger partial charge on any atom is 0.419 e. The van der Waals surface area contributed by atoms with Crippen molar-refractivity contribution in [2.24, 2.45) is 22.3 Å². The van der Waals surface area contributed by atoms with E-state index in [2.05, 4.69) is 0 Å². The van der Waals surface area contributed by atoms with E-state index in [0.717, 1.165) is 0 Å². The molecule has 4 aliphatic rings. The van der Waals surface area contributed by atoms with Gasteiger partial charge in [0.2, 0.25) is 0 Å². The van der Waals surface area contributed by atoms with Crippen LogP contribution in [0.1, 0.15) is 54.4 Å². The van der Waals surface area contributed by atoms with E-state index >= 15 is 0 Å². The van der Waals surface area contributed by atoms with Crippen molar-refractivity contribution in [1.82, 2.24) is 9.80 Å². The van der Waals surface area contributed by atoms with E-state index in [0.29, 0.717) is 12.8 Å². The Balaban J connectivity index is 1.23. The lowest BCUT2D eigenvalue weighted by atomic mass is 9.95. The van der Waals surface area contributed by atoms with Crippen LogP contribution >= 0.6 is 0 Å². The van der Waals surface area contributed by atoms with Crippen LogP contribution in [0.2, 0.25) is 0 Å². The van der Waals surface area contributed by atoms with Crippen LogP contribution in [-0.2, 0) is 28.5 Å². The van der Waals surface area contributed by atoms with E-state index in [1.54, 1.807) is 41.5 Å². The van der Waals surface area contributed by atoms with Crippen molar-refractivity contribution in [3.63, 3.8) is 0 Å². The average molecular weight is 483 g/mol. The predicted octanol–water partition coefficient (Wildman–Crippen LogP) is 0.664. The van der Waals surface area contributed by atoms with Crippen molar-refractivity contribution < 1.29 is 38.1 Å². The molecule has 2 amide bonds. The zero-order valence-electron chi connectivity index (χ0n) is 20.6. The van der Waals surface area contributed by atoms with Crippen molar-refractivity contribution in [2.45, 2.75) is 77.0 Å². The molecule has 12 nitrogen and oxygen atoms in total. The summed E-state index contributed by atoms with van der Waals surface area (Å²) < 4.78 is 21.1. The van der Waals surface area contributed by atoms with Crippen molar-refractivity contribution >= 4 is 24.1 Å². The number of nitrogens with two attached hydrogens (primary N) is 2. The second kappa shape index (κ2) is 6.97. The van der Waals surface area contributed by atoms with Crippen LogP contribution in [0.4, 0.5) is 9.59 Å². The molecule has 0 aromatic rings. The van der Waals surface area contributed by atoms with Crippen LogP contribution in [0.25, 0.3) is 0 Å². The number of ether oxygens (including phenoxy) is 4. The van der Waals surface area contributed by atoms with Crippen LogP contribution in [0.15, 0.2) is 0 Å². The van der Waals surface area contributed by atoms with Crippen molar-refractivity contribution in [3.8, 4) is 0 Å². The second-order valence-corrected chi connectivity index (χ2v) is 12.1. The molecule has 2 unspecified atom stereocenters. The third-order valence-corrected chi connectivity index (χ3v) is 6.74. The number of carbonyl (C=O) groups excluding carboxylic acids is 4. The summed E-state index contributed by atoms with van der Waals surface area (Å²) in [6.07, 6.45) is -0.298. The number of amides is 2. The molecule has 2 aliphatic heterocycles. The largest absolute Gasteiger partial charge is 0.444 e. The lowest BCUT2D eigenvalue weighted by molar-refractivity contribution is -0.181. The van der Waals surface area contributed by atoms with Gasteiger partial charge in [0, 0.05) is 39.0 Å². The number of rotatable bonds is 2. The molecule has 2 saturated carbocycles. The van der Waals surface area contributed by atoms with Crippen LogP contribution < -0.4 is 11.5 Å². The number of nitrogens with zero attached hydrogens (tertiary/aromatic N) is 2. The first kappa shape index (κ1) is 24.5. The molecule has 2 heterocycles. The fourth-order valence-electron chi connectivity index (χ4n) is 4.66. The first-order valence-electron chi connectivity index (χ1n) is 11.3. The summed E-state index contributed by atoms with van der Waals surface area (Å²) in [5.41, 5.74) is 7.20. The molecule has 2 atom stereocenters. The van der Waals surface area contributed by atoms with Gasteiger partial charge < -0.3 is 28.7 Å². The Kier molecular flexibility index (Phi) is 5.03. The molecule has 2 aliphatic carbocycles. The van der Waals surface area contributed by atoms with Gasteiger partial charge in [-0.05, 0) is 41.5 Å². The third-order valence-electron chi connectivity index (χ3n) is 6.74. The SMILES string of the molecule is CC(C)(C)OC(=O)N1CC2(C1)CC2(N)OC(=O)C(=O)OC1(N)CC12CN(C(=O)OC(C)(C)C)C2. The average Bonchev–Trinajstić information content (AvgIpc) is 3.38. The van der Waals surface area contributed by atoms with E-state index in [1.807, 2.05) is 0 Å². The first-order valence-corrected chi connectivity index (χ1v) is 11.3.